The van der Waals surface area contributed by atoms with Crippen LogP contribution in [0.2, 0.25) is 0 Å². The van der Waals surface area contributed by atoms with Crippen molar-refractivity contribution >= 4 is 0 Å². The van der Waals surface area contributed by atoms with Crippen LogP contribution in [-0.2, 0) is 23.7 Å². The van der Waals surface area contributed by atoms with E-state index in [2.05, 4.69) is 208 Å². The Morgan fingerprint density at radius 3 is 0.786 bits per heavy atom. The molecule has 272 valence electrons. The summed E-state index contributed by atoms with van der Waals surface area (Å²) in [4.78, 5) is 0. The Labute approximate surface area is 333 Å². The van der Waals surface area contributed by atoms with Crippen molar-refractivity contribution in [1.82, 2.24) is 0 Å². The third-order valence-electron chi connectivity index (χ3n) is 12.4. The monoisotopic (exact) mass is 720 g/mol. The van der Waals surface area contributed by atoms with E-state index in [1.807, 2.05) is 13.8 Å². The zero-order chi connectivity index (χ0) is 38.3. The molecule has 0 saturated carbocycles. The average molecular weight is 721 g/mol. The fourth-order valence-corrected chi connectivity index (χ4v) is 9.79. The van der Waals surface area contributed by atoms with E-state index in [9.17, 15) is 0 Å². The summed E-state index contributed by atoms with van der Waals surface area (Å²) in [6.07, 6.45) is 2.19. The molecule has 0 aliphatic heterocycles. The van der Waals surface area contributed by atoms with Crippen LogP contribution >= 0.6 is 0 Å². The van der Waals surface area contributed by atoms with Gasteiger partial charge in [0.2, 0.25) is 0 Å². The fourth-order valence-electron chi connectivity index (χ4n) is 9.79. The summed E-state index contributed by atoms with van der Waals surface area (Å²) < 4.78 is 0. The van der Waals surface area contributed by atoms with E-state index in [4.69, 9.17) is 0 Å². The fraction of sp³-hybridized carbons (Fsp3) is 0.143. The molecule has 8 aromatic carbocycles. The summed E-state index contributed by atoms with van der Waals surface area (Å²) in [6.45, 7) is 8.30. The van der Waals surface area contributed by atoms with Gasteiger partial charge in [-0.2, -0.15) is 0 Å². The highest BCUT2D eigenvalue weighted by Gasteiger charge is 2.47. The lowest BCUT2D eigenvalue weighted by Crippen LogP contribution is -2.28. The first kappa shape index (κ1) is 35.5. The minimum absolute atomic E-state index is 0.241. The molecule has 0 radical (unpaired) electrons. The zero-order valence-electron chi connectivity index (χ0n) is 32.9. The molecule has 0 unspecified atom stereocenters. The number of benzene rings is 8. The molecule has 0 nitrogen and oxygen atoms in total. The first-order chi connectivity index (χ1) is 27.6. The van der Waals surface area contributed by atoms with Crippen molar-refractivity contribution in [3.63, 3.8) is 0 Å². The first-order valence-corrected chi connectivity index (χ1v) is 20.3. The SMILES string of the molecule is CC.Cc1ccc(C2(c3ccc(C)cc3)c3ccccc3-c3ccccc32)cc1.c1ccc2c(c1)-c1ccccc1C21c2ccc(cc2)CCc2ccc1cc2. The summed E-state index contributed by atoms with van der Waals surface area (Å²) in [5, 5.41) is 0. The Kier molecular flexibility index (Phi) is 9.14. The Balaban J connectivity index is 0.000000140. The van der Waals surface area contributed by atoms with Crippen LogP contribution < -0.4 is 0 Å². The Hall–Kier alpha value is -6.24. The van der Waals surface area contributed by atoms with Gasteiger partial charge in [-0.3, -0.25) is 0 Å². The van der Waals surface area contributed by atoms with Gasteiger partial charge in [0.1, 0.15) is 0 Å². The summed E-state index contributed by atoms with van der Waals surface area (Å²) in [5.41, 5.74) is 21.2. The smallest absolute Gasteiger partial charge is 0.0683 e. The van der Waals surface area contributed by atoms with E-state index in [0.717, 1.165) is 12.8 Å². The predicted octanol–water partition coefficient (Wildman–Crippen LogP) is 13.8. The normalized spacial score (nSPS) is 14.2. The standard InChI is InChI=1S/C27H20.C27H22.C2H6/c1-3-7-25-23(5-1)24-6-2-4-8-26(24)27(25)21-15-11-19(12-16-21)9-10-20-13-17-22(27)18-14-20;1-19-11-15-21(16-12-19)27(22-17-13-20(2)14-18-22)25-9-5-3-7-23(25)24-8-4-6-10-26(24)27;1-2/h1-8,11-18H,9-10H2;3-18H,1-2H3;1-2H3. The molecule has 0 atom stereocenters. The van der Waals surface area contributed by atoms with Crippen molar-refractivity contribution < 1.29 is 0 Å². The lowest BCUT2D eigenvalue weighted by atomic mass is 9.67. The summed E-state index contributed by atoms with van der Waals surface area (Å²) in [5.74, 6) is 0. The van der Waals surface area contributed by atoms with Gasteiger partial charge in [-0.25, -0.2) is 0 Å². The molecule has 0 saturated heterocycles. The second-order valence-electron chi connectivity index (χ2n) is 15.3. The molecular formula is C56H48. The van der Waals surface area contributed by atoms with Crippen molar-refractivity contribution in [2.45, 2.75) is 51.4 Å². The van der Waals surface area contributed by atoms with Crippen LogP contribution in [0.3, 0.4) is 0 Å². The number of hydrogen-bond acceptors (Lipinski definition) is 0. The van der Waals surface area contributed by atoms with E-state index in [1.54, 1.807) is 0 Å². The van der Waals surface area contributed by atoms with Crippen molar-refractivity contribution in [3.05, 3.63) is 261 Å². The highest BCUT2D eigenvalue weighted by molar-refractivity contribution is 5.87. The molecule has 56 heavy (non-hydrogen) atoms. The van der Waals surface area contributed by atoms with Gasteiger partial charge in [0.25, 0.3) is 0 Å². The molecule has 6 aliphatic carbocycles. The molecule has 14 rings (SSSR count). The molecule has 0 heterocycles. The second-order valence-corrected chi connectivity index (χ2v) is 15.3. The molecule has 6 aliphatic rings. The van der Waals surface area contributed by atoms with Crippen molar-refractivity contribution in [1.29, 1.82) is 0 Å². The molecular weight excluding hydrogens is 673 g/mol. The summed E-state index contributed by atoms with van der Waals surface area (Å²) in [7, 11) is 0. The zero-order valence-corrected chi connectivity index (χ0v) is 32.9. The maximum absolute atomic E-state index is 2.35. The van der Waals surface area contributed by atoms with Gasteiger partial charge in [0.15, 0.2) is 0 Å². The molecule has 0 N–H and O–H groups in total. The number of aryl methyl sites for hydroxylation is 4. The third kappa shape index (κ3) is 5.42. The lowest BCUT2D eigenvalue weighted by Gasteiger charge is -2.34. The van der Waals surface area contributed by atoms with Gasteiger partial charge < -0.3 is 0 Å². The highest BCUT2D eigenvalue weighted by atomic mass is 14.5. The van der Waals surface area contributed by atoms with Gasteiger partial charge >= 0.3 is 0 Å². The van der Waals surface area contributed by atoms with Crippen LogP contribution in [-0.4, -0.2) is 0 Å². The van der Waals surface area contributed by atoms with Crippen LogP contribution in [0.1, 0.15) is 80.6 Å². The van der Waals surface area contributed by atoms with E-state index in [-0.39, 0.29) is 10.8 Å². The van der Waals surface area contributed by atoms with Gasteiger partial charge in [-0.1, -0.05) is 219 Å². The maximum atomic E-state index is 2.35. The largest absolute Gasteiger partial charge is 0.0713 e. The predicted molar refractivity (Wildman–Crippen MR) is 236 cm³/mol. The Morgan fingerprint density at radius 1 is 0.286 bits per heavy atom. The maximum Gasteiger partial charge on any atom is 0.0713 e. The minimum atomic E-state index is -0.269. The van der Waals surface area contributed by atoms with Gasteiger partial charge in [-0.15, -0.1) is 0 Å². The van der Waals surface area contributed by atoms with E-state index in [0.29, 0.717) is 0 Å². The number of rotatable bonds is 2. The van der Waals surface area contributed by atoms with Crippen LogP contribution in [0.15, 0.2) is 194 Å². The quantitative estimate of drug-likeness (QED) is 0.167. The lowest BCUT2D eigenvalue weighted by molar-refractivity contribution is 0.767. The average Bonchev–Trinajstić information content (AvgIpc) is 3.71. The van der Waals surface area contributed by atoms with Crippen LogP contribution in [0, 0.1) is 13.8 Å². The van der Waals surface area contributed by atoms with E-state index >= 15 is 0 Å². The Morgan fingerprint density at radius 2 is 0.518 bits per heavy atom. The van der Waals surface area contributed by atoms with Crippen molar-refractivity contribution in [2.75, 3.05) is 0 Å². The highest BCUT2D eigenvalue weighted by Crippen LogP contribution is 2.57. The number of fused-ring (bicyclic) bond motifs is 6. The van der Waals surface area contributed by atoms with Crippen LogP contribution in [0.4, 0.5) is 0 Å². The van der Waals surface area contributed by atoms with Crippen LogP contribution in [0.5, 0.6) is 0 Å². The molecule has 4 bridgehead atoms. The molecule has 0 fully saturated rings. The third-order valence-corrected chi connectivity index (χ3v) is 12.4. The molecule has 8 aromatic rings. The Bertz CT molecular complexity index is 2360. The van der Waals surface area contributed by atoms with E-state index < -0.39 is 0 Å². The summed E-state index contributed by atoms with van der Waals surface area (Å²) in [6, 6.07) is 72.5. The molecule has 0 amide bonds. The molecule has 0 aromatic heterocycles. The minimum Gasteiger partial charge on any atom is -0.0683 e. The summed E-state index contributed by atoms with van der Waals surface area (Å²) >= 11 is 0. The van der Waals surface area contributed by atoms with Gasteiger partial charge in [0, 0.05) is 0 Å². The number of hydrogen-bond donors (Lipinski definition) is 0. The first-order valence-electron chi connectivity index (χ1n) is 20.3. The second kappa shape index (κ2) is 14.4. The molecule has 1 spiro atoms. The van der Waals surface area contributed by atoms with Crippen LogP contribution in [0.25, 0.3) is 22.3 Å². The van der Waals surface area contributed by atoms with Crippen molar-refractivity contribution in [2.24, 2.45) is 0 Å². The molecule has 0 heteroatoms. The van der Waals surface area contributed by atoms with Gasteiger partial charge in [0.05, 0.1) is 10.8 Å². The van der Waals surface area contributed by atoms with E-state index in [1.165, 1.54) is 89.0 Å². The van der Waals surface area contributed by atoms with Crippen molar-refractivity contribution in [3.8, 4) is 22.3 Å². The topological polar surface area (TPSA) is 0 Å². The van der Waals surface area contributed by atoms with Gasteiger partial charge in [-0.05, 0) is 105 Å².